The normalized spacial score (nSPS) is 19.2. The van der Waals surface area contributed by atoms with Gasteiger partial charge in [-0.3, -0.25) is 0 Å². The van der Waals surface area contributed by atoms with E-state index in [2.05, 4.69) is 31.9 Å². The van der Waals surface area contributed by atoms with E-state index in [1.807, 2.05) is 48.5 Å². The second-order valence-corrected chi connectivity index (χ2v) is 8.39. The molecule has 1 saturated carbocycles. The Labute approximate surface area is 169 Å². The molecular formula is C20H16Br2Cl2. The van der Waals surface area contributed by atoms with Gasteiger partial charge in [-0.05, 0) is 72.2 Å². The zero-order valence-corrected chi connectivity index (χ0v) is 17.6. The summed E-state index contributed by atoms with van der Waals surface area (Å²) < 4.78 is 2.10. The van der Waals surface area contributed by atoms with Crippen molar-refractivity contribution in [3.8, 4) is 0 Å². The largest absolute Gasteiger partial charge is 0.0834 e. The van der Waals surface area contributed by atoms with Crippen LogP contribution in [0.2, 0.25) is 0 Å². The Hall–Kier alpha value is -0.540. The van der Waals surface area contributed by atoms with E-state index in [1.165, 1.54) is 11.1 Å². The van der Waals surface area contributed by atoms with Gasteiger partial charge in [0, 0.05) is 8.95 Å². The molecule has 0 heterocycles. The lowest BCUT2D eigenvalue weighted by Crippen LogP contribution is -2.02. The second-order valence-electron chi connectivity index (χ2n) is 5.81. The minimum absolute atomic E-state index is 0.812. The van der Waals surface area contributed by atoms with Crippen molar-refractivity contribution in [2.75, 3.05) is 0 Å². The van der Waals surface area contributed by atoms with Crippen molar-refractivity contribution >= 4 is 65.1 Å². The Balaban J connectivity index is 2.07. The van der Waals surface area contributed by atoms with E-state index in [-0.39, 0.29) is 0 Å². The molecule has 0 radical (unpaired) electrons. The molecule has 3 rings (SSSR count). The van der Waals surface area contributed by atoms with Gasteiger partial charge in [-0.2, -0.15) is 0 Å². The highest BCUT2D eigenvalue weighted by molar-refractivity contribution is 9.10. The van der Waals surface area contributed by atoms with Gasteiger partial charge in [0.25, 0.3) is 0 Å². The van der Waals surface area contributed by atoms with Crippen molar-refractivity contribution in [3.63, 3.8) is 0 Å². The van der Waals surface area contributed by atoms with Crippen LogP contribution in [0.25, 0.3) is 10.1 Å². The number of hydrogen-bond acceptors (Lipinski definition) is 0. The predicted molar refractivity (Wildman–Crippen MR) is 112 cm³/mol. The number of rotatable bonds is 2. The van der Waals surface area contributed by atoms with E-state index >= 15 is 0 Å². The smallest absolute Gasteiger partial charge is 0.0513 e. The van der Waals surface area contributed by atoms with E-state index < -0.39 is 0 Å². The molecule has 0 aliphatic heterocycles. The van der Waals surface area contributed by atoms with Crippen molar-refractivity contribution in [2.45, 2.75) is 25.7 Å². The van der Waals surface area contributed by atoms with Crippen LogP contribution in [0.3, 0.4) is 0 Å². The van der Waals surface area contributed by atoms with Gasteiger partial charge in [0.1, 0.15) is 0 Å². The number of hydrogen-bond donors (Lipinski definition) is 0. The highest BCUT2D eigenvalue weighted by Gasteiger charge is 2.20. The molecule has 2 aromatic carbocycles. The maximum Gasteiger partial charge on any atom is 0.0513 e. The van der Waals surface area contributed by atoms with Crippen LogP contribution < -0.4 is 0 Å². The Bertz CT molecular complexity index is 718. The van der Waals surface area contributed by atoms with Crippen molar-refractivity contribution < 1.29 is 0 Å². The molecule has 0 bridgehead atoms. The van der Waals surface area contributed by atoms with Gasteiger partial charge in [-0.1, -0.05) is 79.3 Å². The molecule has 4 heteroatoms. The Morgan fingerprint density at radius 2 is 0.958 bits per heavy atom. The molecule has 0 aromatic heterocycles. The van der Waals surface area contributed by atoms with Crippen molar-refractivity contribution in [1.82, 2.24) is 0 Å². The first-order valence-corrected chi connectivity index (χ1v) is 10.2. The lowest BCUT2D eigenvalue weighted by atomic mass is 9.87. The van der Waals surface area contributed by atoms with Crippen molar-refractivity contribution in [1.29, 1.82) is 0 Å². The van der Waals surface area contributed by atoms with E-state index in [0.717, 1.165) is 55.8 Å². The maximum atomic E-state index is 6.75. The summed E-state index contributed by atoms with van der Waals surface area (Å²) in [6.07, 6.45) is 4.24. The van der Waals surface area contributed by atoms with Gasteiger partial charge in [0.2, 0.25) is 0 Å². The van der Waals surface area contributed by atoms with Gasteiger partial charge >= 0.3 is 0 Å². The summed E-state index contributed by atoms with van der Waals surface area (Å²) in [6, 6.07) is 16.2. The van der Waals surface area contributed by atoms with Crippen LogP contribution in [-0.2, 0) is 0 Å². The topological polar surface area (TPSA) is 0 Å². The summed E-state index contributed by atoms with van der Waals surface area (Å²) in [4.78, 5) is 0. The molecule has 0 amide bonds. The fourth-order valence-electron chi connectivity index (χ4n) is 2.93. The molecule has 24 heavy (non-hydrogen) atoms. The van der Waals surface area contributed by atoms with Gasteiger partial charge < -0.3 is 0 Å². The molecule has 0 atom stereocenters. The maximum absolute atomic E-state index is 6.75. The minimum atomic E-state index is 0.812. The summed E-state index contributed by atoms with van der Waals surface area (Å²) in [5.41, 5.74) is 4.43. The molecule has 124 valence electrons. The highest BCUT2D eigenvalue weighted by Crippen LogP contribution is 2.41. The van der Waals surface area contributed by atoms with Crippen molar-refractivity contribution in [3.05, 3.63) is 79.7 Å². The van der Waals surface area contributed by atoms with E-state index in [0.29, 0.717) is 0 Å². The van der Waals surface area contributed by atoms with Crippen LogP contribution >= 0.6 is 55.1 Å². The Morgan fingerprint density at radius 1 is 0.625 bits per heavy atom. The Kier molecular flexibility index (Phi) is 6.26. The molecule has 0 N–H and O–H groups in total. The lowest BCUT2D eigenvalue weighted by molar-refractivity contribution is 0.684. The van der Waals surface area contributed by atoms with Crippen LogP contribution in [0.5, 0.6) is 0 Å². The standard InChI is InChI=1S/C20H16Br2Cl2/c21-15-9-5-13(6-10-15)19(23)17-3-1-2-4-18(17)20(24)14-7-11-16(22)12-8-14/h5-12H,1-4H2. The van der Waals surface area contributed by atoms with Crippen LogP contribution in [0, 0.1) is 0 Å². The van der Waals surface area contributed by atoms with Gasteiger partial charge in [-0.25, -0.2) is 0 Å². The number of allylic oxidation sites excluding steroid dienone is 2. The summed E-state index contributed by atoms with van der Waals surface area (Å²) in [7, 11) is 0. The number of halogens is 4. The average Bonchev–Trinajstić information content (AvgIpc) is 2.62. The van der Waals surface area contributed by atoms with Gasteiger partial charge in [0.05, 0.1) is 10.1 Å². The first kappa shape index (κ1) is 18.3. The zero-order chi connectivity index (χ0) is 17.1. The molecular weight excluding hydrogens is 471 g/mol. The first-order chi connectivity index (χ1) is 11.6. The Morgan fingerprint density at radius 3 is 1.29 bits per heavy atom. The third kappa shape index (κ3) is 4.16. The lowest BCUT2D eigenvalue weighted by Gasteiger charge is -2.22. The third-order valence-electron chi connectivity index (χ3n) is 4.19. The van der Waals surface area contributed by atoms with Crippen molar-refractivity contribution in [2.24, 2.45) is 0 Å². The fraction of sp³-hybridized carbons (Fsp3) is 0.200. The zero-order valence-electron chi connectivity index (χ0n) is 13.0. The van der Waals surface area contributed by atoms with Gasteiger partial charge in [0.15, 0.2) is 0 Å². The van der Waals surface area contributed by atoms with E-state index in [9.17, 15) is 0 Å². The molecule has 0 nitrogen and oxygen atoms in total. The summed E-state index contributed by atoms with van der Waals surface area (Å²) in [5.74, 6) is 0. The van der Waals surface area contributed by atoms with Crippen LogP contribution in [0.4, 0.5) is 0 Å². The van der Waals surface area contributed by atoms with Crippen LogP contribution in [-0.4, -0.2) is 0 Å². The van der Waals surface area contributed by atoms with Gasteiger partial charge in [-0.15, -0.1) is 0 Å². The quantitative estimate of drug-likeness (QED) is 0.399. The minimum Gasteiger partial charge on any atom is -0.0834 e. The van der Waals surface area contributed by atoms with Crippen LogP contribution in [0.15, 0.2) is 68.6 Å². The second kappa shape index (κ2) is 8.23. The van der Waals surface area contributed by atoms with E-state index in [4.69, 9.17) is 23.2 Å². The monoisotopic (exact) mass is 484 g/mol. The molecule has 1 aliphatic rings. The fourth-order valence-corrected chi connectivity index (χ4v) is 4.13. The molecule has 2 aromatic rings. The first-order valence-electron chi connectivity index (χ1n) is 7.86. The molecule has 1 aliphatic carbocycles. The number of benzene rings is 2. The molecule has 0 spiro atoms. The van der Waals surface area contributed by atoms with Crippen LogP contribution in [0.1, 0.15) is 36.8 Å². The summed E-state index contributed by atoms with van der Waals surface area (Å²) in [6.45, 7) is 0. The highest BCUT2D eigenvalue weighted by atomic mass is 79.9. The molecule has 0 unspecified atom stereocenters. The summed E-state index contributed by atoms with van der Waals surface area (Å²) in [5, 5.41) is 1.62. The van der Waals surface area contributed by atoms with E-state index in [1.54, 1.807) is 0 Å². The third-order valence-corrected chi connectivity index (χ3v) is 6.14. The molecule has 0 saturated heterocycles. The predicted octanol–water partition coefficient (Wildman–Crippen LogP) is 8.39. The average molecular weight is 487 g/mol. The SMILES string of the molecule is ClC(=C1CCCCC1=C(Cl)c1ccc(Br)cc1)c1ccc(Br)cc1. The molecule has 1 fully saturated rings. The summed E-state index contributed by atoms with van der Waals surface area (Å²) >= 11 is 20.4.